The number of esters is 2. The summed E-state index contributed by atoms with van der Waals surface area (Å²) in [7, 11) is 7.01. The highest BCUT2D eigenvalue weighted by atomic mass is 16.6. The van der Waals surface area contributed by atoms with Gasteiger partial charge in [0.05, 0.1) is 14.2 Å². The lowest BCUT2D eigenvalue weighted by molar-refractivity contribution is -0.191. The molecule has 4 rings (SSSR count). The number of hydrogen-bond acceptors (Lipinski definition) is 10. The summed E-state index contributed by atoms with van der Waals surface area (Å²) in [6, 6.07) is 16.0. The first kappa shape index (κ1) is 31.7. The number of ether oxygens (including phenoxy) is 4. The highest BCUT2D eigenvalue weighted by Crippen LogP contribution is 2.31. The third-order valence-electron chi connectivity index (χ3n) is 8.49. The van der Waals surface area contributed by atoms with E-state index in [2.05, 4.69) is 32.6 Å². The summed E-state index contributed by atoms with van der Waals surface area (Å²) in [5.74, 6) is -0.120. The maximum Gasteiger partial charge on any atom is 0.418 e. The van der Waals surface area contributed by atoms with E-state index in [0.717, 1.165) is 61.9 Å². The lowest BCUT2D eigenvalue weighted by Crippen LogP contribution is -2.55. The van der Waals surface area contributed by atoms with Gasteiger partial charge in [-0.05, 0) is 26.2 Å². The molecule has 2 aliphatic heterocycles. The molecule has 0 saturated carbocycles. The quantitative estimate of drug-likeness (QED) is 0.287. The number of carbonyl (C=O) groups is 2. The van der Waals surface area contributed by atoms with Gasteiger partial charge >= 0.3 is 11.9 Å². The Labute approximate surface area is 249 Å². The molecule has 2 aromatic rings. The topological polar surface area (TPSA) is 102 Å². The van der Waals surface area contributed by atoms with Gasteiger partial charge in [0, 0.05) is 89.2 Å². The number of methoxy groups -OCH3 is 2. The van der Waals surface area contributed by atoms with Crippen molar-refractivity contribution in [3.8, 4) is 11.5 Å². The molecule has 0 unspecified atom stereocenters. The van der Waals surface area contributed by atoms with Gasteiger partial charge in [0.1, 0.15) is 22.7 Å². The van der Waals surface area contributed by atoms with Gasteiger partial charge in [-0.3, -0.25) is 9.80 Å². The van der Waals surface area contributed by atoms with Crippen molar-refractivity contribution in [2.24, 2.45) is 0 Å². The molecule has 10 heteroatoms. The molecule has 2 fully saturated rings. The monoisotopic (exact) mass is 582 g/mol. The fraction of sp³-hybridized carbons (Fsp3) is 0.562. The Hall–Kier alpha value is -3.18. The van der Waals surface area contributed by atoms with Gasteiger partial charge in [0.25, 0.3) is 0 Å². The second kappa shape index (κ2) is 14.8. The van der Waals surface area contributed by atoms with Crippen molar-refractivity contribution in [1.29, 1.82) is 0 Å². The van der Waals surface area contributed by atoms with Crippen LogP contribution >= 0.6 is 0 Å². The minimum absolute atomic E-state index is 0.466. The molecule has 0 radical (unpaired) electrons. The first-order valence-corrected chi connectivity index (χ1v) is 14.8. The minimum Gasteiger partial charge on any atom is -0.496 e. The minimum atomic E-state index is -0.921. The summed E-state index contributed by atoms with van der Waals surface area (Å²) in [6.45, 7) is 5.35. The van der Waals surface area contributed by atoms with Crippen LogP contribution in [0, 0.1) is 0 Å². The van der Waals surface area contributed by atoms with Crippen molar-refractivity contribution < 1.29 is 28.5 Å². The van der Waals surface area contributed by atoms with Crippen LogP contribution in [0.4, 0.5) is 0 Å². The van der Waals surface area contributed by atoms with E-state index < -0.39 is 23.1 Å². The van der Waals surface area contributed by atoms with E-state index in [4.69, 9.17) is 18.9 Å². The number of likely N-dealkylation sites (tertiary alicyclic amines) is 2. The number of piperidine rings is 2. The Morgan fingerprint density at radius 1 is 0.667 bits per heavy atom. The molecule has 0 spiro atoms. The van der Waals surface area contributed by atoms with Gasteiger partial charge < -0.3 is 29.6 Å². The maximum atomic E-state index is 13.1. The number of para-hydroxylation sites is 2. The van der Waals surface area contributed by atoms with Gasteiger partial charge in [-0.1, -0.05) is 36.4 Å². The average molecular weight is 583 g/mol. The van der Waals surface area contributed by atoms with Crippen LogP contribution in [0.1, 0.15) is 36.8 Å². The van der Waals surface area contributed by atoms with E-state index >= 15 is 0 Å². The van der Waals surface area contributed by atoms with Gasteiger partial charge in [-0.25, -0.2) is 9.59 Å². The molecule has 10 nitrogen and oxygen atoms in total. The van der Waals surface area contributed by atoms with Crippen molar-refractivity contribution in [3.63, 3.8) is 0 Å². The molecule has 0 aromatic heterocycles. The van der Waals surface area contributed by atoms with Crippen molar-refractivity contribution in [1.82, 2.24) is 20.4 Å². The molecule has 0 aliphatic carbocycles. The Morgan fingerprint density at radius 2 is 1.02 bits per heavy atom. The Kier molecular flexibility index (Phi) is 11.2. The van der Waals surface area contributed by atoms with E-state index in [0.29, 0.717) is 38.8 Å². The molecule has 42 heavy (non-hydrogen) atoms. The fourth-order valence-corrected chi connectivity index (χ4v) is 6.14. The highest BCUT2D eigenvalue weighted by Gasteiger charge is 2.43. The first-order valence-electron chi connectivity index (χ1n) is 14.8. The number of nitrogens with zero attached hydrogens (tertiary/aromatic N) is 2. The first-order chi connectivity index (χ1) is 20.3. The Bertz CT molecular complexity index is 1080. The van der Waals surface area contributed by atoms with Crippen LogP contribution in [0.15, 0.2) is 48.5 Å². The summed E-state index contributed by atoms with van der Waals surface area (Å²) < 4.78 is 22.9. The summed E-state index contributed by atoms with van der Waals surface area (Å²) in [4.78, 5) is 30.9. The van der Waals surface area contributed by atoms with E-state index in [1.54, 1.807) is 14.2 Å². The number of benzene rings is 2. The van der Waals surface area contributed by atoms with Crippen molar-refractivity contribution in [3.05, 3.63) is 59.7 Å². The van der Waals surface area contributed by atoms with Gasteiger partial charge in [0.2, 0.25) is 0 Å². The summed E-state index contributed by atoms with van der Waals surface area (Å²) in [5, 5.41) is 6.31. The largest absolute Gasteiger partial charge is 0.496 e. The zero-order valence-corrected chi connectivity index (χ0v) is 25.4. The van der Waals surface area contributed by atoms with Crippen LogP contribution in [0.25, 0.3) is 0 Å². The van der Waals surface area contributed by atoms with Crippen LogP contribution in [0.3, 0.4) is 0 Å². The van der Waals surface area contributed by atoms with Gasteiger partial charge in [-0.2, -0.15) is 0 Å². The summed E-state index contributed by atoms with van der Waals surface area (Å²) in [5.41, 5.74) is 0.697. The Morgan fingerprint density at radius 3 is 1.36 bits per heavy atom. The number of hydrogen-bond donors (Lipinski definition) is 2. The normalized spacial score (nSPS) is 18.7. The molecule has 2 saturated heterocycles. The third kappa shape index (κ3) is 8.01. The molecule has 2 heterocycles. The van der Waals surface area contributed by atoms with E-state index in [9.17, 15) is 9.59 Å². The van der Waals surface area contributed by atoms with E-state index in [-0.39, 0.29) is 0 Å². The molecule has 230 valence electrons. The average Bonchev–Trinajstić information content (AvgIpc) is 3.00. The molecular weight excluding hydrogens is 536 g/mol. The number of rotatable bonds is 12. The molecular formula is C32H46N4O6. The lowest BCUT2D eigenvalue weighted by Gasteiger charge is -2.42. The molecule has 0 atom stereocenters. The molecule has 2 N–H and O–H groups in total. The Balaban J connectivity index is 1.33. The van der Waals surface area contributed by atoms with Crippen LogP contribution in [0.5, 0.6) is 11.5 Å². The molecule has 0 bridgehead atoms. The molecule has 2 aromatic carbocycles. The van der Waals surface area contributed by atoms with E-state index in [1.807, 2.05) is 50.5 Å². The van der Waals surface area contributed by atoms with Crippen LogP contribution < -0.4 is 20.1 Å². The fourth-order valence-electron chi connectivity index (χ4n) is 6.14. The number of nitrogens with one attached hydrogen (secondary N) is 2. The van der Waals surface area contributed by atoms with Crippen molar-refractivity contribution >= 4 is 11.9 Å². The van der Waals surface area contributed by atoms with Crippen molar-refractivity contribution in [2.45, 2.75) is 50.0 Å². The van der Waals surface area contributed by atoms with Crippen LogP contribution in [-0.2, 0) is 32.2 Å². The lowest BCUT2D eigenvalue weighted by atomic mass is 9.90. The molecule has 2 aliphatic rings. The van der Waals surface area contributed by atoms with Gasteiger partial charge in [0.15, 0.2) is 0 Å². The maximum absolute atomic E-state index is 13.1. The van der Waals surface area contributed by atoms with Gasteiger partial charge in [-0.15, -0.1) is 0 Å². The zero-order valence-electron chi connectivity index (χ0n) is 25.4. The third-order valence-corrected chi connectivity index (χ3v) is 8.49. The van der Waals surface area contributed by atoms with Crippen LogP contribution in [-0.4, -0.2) is 101 Å². The number of carbonyl (C=O) groups excluding carboxylic acids is 2. The SMILES string of the molecule is CNCC1(OC(=O)C(=O)OC2(CNC)CCN(Cc3ccccc3OC)CC2)CCN(Cc2ccccc2OC)CC1. The standard InChI is InChI=1S/C32H46N4O6/c1-33-23-31(13-17-35(18-14-31)21-25-9-5-7-11-27(25)39-3)41-29(37)30(38)42-32(24-34-2)15-19-36(20-16-32)22-26-10-6-8-12-28(26)40-4/h5-12,33-34H,13-24H2,1-4H3. The van der Waals surface area contributed by atoms with E-state index in [1.165, 1.54) is 0 Å². The zero-order chi connectivity index (χ0) is 30.0. The predicted octanol–water partition coefficient (Wildman–Crippen LogP) is 2.60. The highest BCUT2D eigenvalue weighted by molar-refractivity contribution is 6.29. The smallest absolute Gasteiger partial charge is 0.418 e. The molecule has 0 amide bonds. The number of likely N-dealkylation sites (N-methyl/N-ethyl adjacent to an activating group) is 2. The van der Waals surface area contributed by atoms with Crippen molar-refractivity contribution in [2.75, 3.05) is 67.6 Å². The summed E-state index contributed by atoms with van der Waals surface area (Å²) in [6.07, 6.45) is 2.45. The second-order valence-corrected chi connectivity index (χ2v) is 11.4. The summed E-state index contributed by atoms with van der Waals surface area (Å²) >= 11 is 0. The van der Waals surface area contributed by atoms with Crippen LogP contribution in [0.2, 0.25) is 0 Å². The second-order valence-electron chi connectivity index (χ2n) is 11.4. The predicted molar refractivity (Wildman–Crippen MR) is 161 cm³/mol.